The summed E-state index contributed by atoms with van der Waals surface area (Å²) in [6, 6.07) is 5.54. The van der Waals surface area contributed by atoms with Crippen molar-refractivity contribution >= 4 is 11.6 Å². The summed E-state index contributed by atoms with van der Waals surface area (Å²) in [7, 11) is 0. The standard InChI is InChI=1S/C12H13FN4O/c13-9-1-3-10(4-2-9)16-12(18)11-7-17(6-5-14)8-15-11/h1-4,7-8H,5-6,14H2,(H,16,18). The number of halogens is 1. The van der Waals surface area contributed by atoms with Gasteiger partial charge in [0.2, 0.25) is 0 Å². The first-order valence-electron chi connectivity index (χ1n) is 5.48. The lowest BCUT2D eigenvalue weighted by Crippen LogP contribution is -2.12. The van der Waals surface area contributed by atoms with E-state index in [1.54, 1.807) is 17.1 Å². The van der Waals surface area contributed by atoms with Crippen LogP contribution in [0.2, 0.25) is 0 Å². The third-order valence-electron chi connectivity index (χ3n) is 2.36. The van der Waals surface area contributed by atoms with Gasteiger partial charge in [0.05, 0.1) is 6.33 Å². The summed E-state index contributed by atoms with van der Waals surface area (Å²) in [6.07, 6.45) is 3.16. The van der Waals surface area contributed by atoms with E-state index in [0.717, 1.165) is 0 Å². The molecule has 94 valence electrons. The van der Waals surface area contributed by atoms with Crippen molar-refractivity contribution in [1.29, 1.82) is 0 Å². The highest BCUT2D eigenvalue weighted by atomic mass is 19.1. The molecule has 0 unspecified atom stereocenters. The SMILES string of the molecule is NCCn1cnc(C(=O)Nc2ccc(F)cc2)c1. The minimum atomic E-state index is -0.347. The molecule has 0 saturated carbocycles. The first kappa shape index (κ1) is 12.3. The van der Waals surface area contributed by atoms with Crippen molar-refractivity contribution in [2.24, 2.45) is 5.73 Å². The highest BCUT2D eigenvalue weighted by molar-refractivity contribution is 6.02. The molecule has 0 aliphatic carbocycles. The third-order valence-corrected chi connectivity index (χ3v) is 2.36. The van der Waals surface area contributed by atoms with Crippen molar-refractivity contribution in [1.82, 2.24) is 9.55 Å². The van der Waals surface area contributed by atoms with Crippen molar-refractivity contribution in [2.75, 3.05) is 11.9 Å². The first-order valence-corrected chi connectivity index (χ1v) is 5.48. The summed E-state index contributed by atoms with van der Waals surface area (Å²) in [4.78, 5) is 15.8. The quantitative estimate of drug-likeness (QED) is 0.854. The van der Waals surface area contributed by atoms with Crippen molar-refractivity contribution in [3.8, 4) is 0 Å². The van der Waals surface area contributed by atoms with Crippen LogP contribution in [0.5, 0.6) is 0 Å². The van der Waals surface area contributed by atoms with Gasteiger partial charge in [-0.05, 0) is 24.3 Å². The zero-order valence-corrected chi connectivity index (χ0v) is 9.64. The molecule has 1 aromatic heterocycles. The smallest absolute Gasteiger partial charge is 0.275 e. The maximum absolute atomic E-state index is 12.7. The number of aromatic nitrogens is 2. The number of nitrogens with two attached hydrogens (primary N) is 1. The predicted molar refractivity (Wildman–Crippen MR) is 65.6 cm³/mol. The Bertz CT molecular complexity index is 535. The fourth-order valence-corrected chi connectivity index (χ4v) is 1.48. The average molecular weight is 248 g/mol. The van der Waals surface area contributed by atoms with Crippen molar-refractivity contribution in [3.05, 3.63) is 48.3 Å². The van der Waals surface area contributed by atoms with Crippen molar-refractivity contribution < 1.29 is 9.18 Å². The number of hydrogen-bond acceptors (Lipinski definition) is 3. The molecule has 2 rings (SSSR count). The lowest BCUT2D eigenvalue weighted by molar-refractivity contribution is 0.102. The van der Waals surface area contributed by atoms with Crippen LogP contribution in [0.4, 0.5) is 10.1 Å². The molecule has 18 heavy (non-hydrogen) atoms. The van der Waals surface area contributed by atoms with Crippen LogP contribution >= 0.6 is 0 Å². The molecular formula is C12H13FN4O. The predicted octanol–water partition coefficient (Wildman–Crippen LogP) is 1.23. The van der Waals surface area contributed by atoms with E-state index in [1.165, 1.54) is 24.3 Å². The number of carbonyl (C=O) groups excluding carboxylic acids is 1. The van der Waals surface area contributed by atoms with Gasteiger partial charge in [0.1, 0.15) is 11.5 Å². The number of nitrogens with zero attached hydrogens (tertiary/aromatic N) is 2. The third kappa shape index (κ3) is 2.92. The van der Waals surface area contributed by atoms with E-state index in [-0.39, 0.29) is 11.7 Å². The van der Waals surface area contributed by atoms with E-state index in [0.29, 0.717) is 24.5 Å². The van der Waals surface area contributed by atoms with Gasteiger partial charge in [0.15, 0.2) is 0 Å². The van der Waals surface area contributed by atoms with Crippen LogP contribution in [0.25, 0.3) is 0 Å². The lowest BCUT2D eigenvalue weighted by Gasteiger charge is -2.02. The Hall–Kier alpha value is -2.21. The van der Waals surface area contributed by atoms with Gasteiger partial charge in [-0.25, -0.2) is 9.37 Å². The summed E-state index contributed by atoms with van der Waals surface area (Å²) >= 11 is 0. The largest absolute Gasteiger partial charge is 0.335 e. The van der Waals surface area contributed by atoms with Gasteiger partial charge in [-0.1, -0.05) is 0 Å². The minimum absolute atomic E-state index is 0.299. The second kappa shape index (κ2) is 5.42. The number of rotatable bonds is 4. The molecule has 5 nitrogen and oxygen atoms in total. The zero-order valence-electron chi connectivity index (χ0n) is 9.64. The molecule has 2 aromatic rings. The summed E-state index contributed by atoms with van der Waals surface area (Å²) in [5.41, 5.74) is 6.22. The highest BCUT2D eigenvalue weighted by Gasteiger charge is 2.09. The highest BCUT2D eigenvalue weighted by Crippen LogP contribution is 2.09. The molecule has 6 heteroatoms. The Kier molecular flexibility index (Phi) is 3.69. The van der Waals surface area contributed by atoms with Gasteiger partial charge in [0.25, 0.3) is 5.91 Å². The maximum Gasteiger partial charge on any atom is 0.275 e. The molecule has 1 amide bonds. The number of carbonyl (C=O) groups is 1. The van der Waals surface area contributed by atoms with E-state index in [1.807, 2.05) is 0 Å². The number of imidazole rings is 1. The van der Waals surface area contributed by atoms with Crippen LogP contribution in [0.1, 0.15) is 10.5 Å². The van der Waals surface area contributed by atoms with E-state index in [9.17, 15) is 9.18 Å². The maximum atomic E-state index is 12.7. The molecule has 3 N–H and O–H groups in total. The van der Waals surface area contributed by atoms with E-state index in [2.05, 4.69) is 10.3 Å². The second-order valence-corrected chi connectivity index (χ2v) is 3.75. The average Bonchev–Trinajstić information content (AvgIpc) is 2.81. The molecule has 0 aliphatic heterocycles. The number of hydrogen-bond donors (Lipinski definition) is 2. The Morgan fingerprint density at radius 2 is 2.11 bits per heavy atom. The fraction of sp³-hybridized carbons (Fsp3) is 0.167. The molecule has 0 saturated heterocycles. The number of anilines is 1. The molecule has 0 aliphatic rings. The van der Waals surface area contributed by atoms with Gasteiger partial charge >= 0.3 is 0 Å². The normalized spacial score (nSPS) is 10.3. The first-order chi connectivity index (χ1) is 8.69. The van der Waals surface area contributed by atoms with Crippen LogP contribution in [0, 0.1) is 5.82 Å². The Morgan fingerprint density at radius 3 is 2.78 bits per heavy atom. The second-order valence-electron chi connectivity index (χ2n) is 3.75. The number of amides is 1. The topological polar surface area (TPSA) is 72.9 Å². The Labute approximate surface area is 103 Å². The zero-order chi connectivity index (χ0) is 13.0. The molecular weight excluding hydrogens is 235 g/mol. The van der Waals surface area contributed by atoms with Crippen molar-refractivity contribution in [3.63, 3.8) is 0 Å². The molecule has 1 aromatic carbocycles. The van der Waals surface area contributed by atoms with Crippen LogP contribution < -0.4 is 11.1 Å². The molecule has 0 bridgehead atoms. The number of nitrogens with one attached hydrogen (secondary N) is 1. The monoisotopic (exact) mass is 248 g/mol. The molecule has 0 atom stereocenters. The van der Waals surface area contributed by atoms with Gasteiger partial charge in [-0.3, -0.25) is 4.79 Å². The van der Waals surface area contributed by atoms with E-state index < -0.39 is 0 Å². The van der Waals surface area contributed by atoms with Crippen molar-refractivity contribution in [2.45, 2.75) is 6.54 Å². The van der Waals surface area contributed by atoms with Crippen LogP contribution in [-0.4, -0.2) is 22.0 Å². The minimum Gasteiger partial charge on any atom is -0.335 e. The van der Waals surface area contributed by atoms with Gasteiger partial charge in [-0.2, -0.15) is 0 Å². The summed E-state index contributed by atoms with van der Waals surface area (Å²) in [6.45, 7) is 1.09. The fourth-order valence-electron chi connectivity index (χ4n) is 1.48. The Balaban J connectivity index is 2.04. The lowest BCUT2D eigenvalue weighted by atomic mass is 10.3. The van der Waals surface area contributed by atoms with Gasteiger partial charge in [-0.15, -0.1) is 0 Å². The molecule has 0 spiro atoms. The summed E-state index contributed by atoms with van der Waals surface area (Å²) < 4.78 is 14.4. The number of benzene rings is 1. The van der Waals surface area contributed by atoms with Crippen LogP contribution in [0.15, 0.2) is 36.8 Å². The molecule has 0 radical (unpaired) electrons. The summed E-state index contributed by atoms with van der Waals surface area (Å²) in [5, 5.41) is 2.63. The van der Waals surface area contributed by atoms with Crippen LogP contribution in [0.3, 0.4) is 0 Å². The van der Waals surface area contributed by atoms with Gasteiger partial charge in [0, 0.05) is 25.0 Å². The summed E-state index contributed by atoms with van der Waals surface area (Å²) in [5.74, 6) is -0.683. The Morgan fingerprint density at radius 1 is 1.39 bits per heavy atom. The van der Waals surface area contributed by atoms with Gasteiger partial charge < -0.3 is 15.6 Å². The van der Waals surface area contributed by atoms with Crippen LogP contribution in [-0.2, 0) is 6.54 Å². The molecule has 0 fully saturated rings. The van der Waals surface area contributed by atoms with E-state index in [4.69, 9.17) is 5.73 Å². The van der Waals surface area contributed by atoms with E-state index >= 15 is 0 Å². The molecule has 1 heterocycles.